The minimum atomic E-state index is -0.656. The van der Waals surface area contributed by atoms with Crippen LogP contribution >= 0.6 is 0 Å². The molecular formula is C57H59F2N11O3. The third-order valence-electron chi connectivity index (χ3n) is 15.0. The topological polar surface area (TPSA) is 145 Å². The van der Waals surface area contributed by atoms with Gasteiger partial charge in [-0.1, -0.05) is 54.6 Å². The first-order chi connectivity index (χ1) is 35.4. The molecule has 3 aromatic heterocycles. The molecule has 3 fully saturated rings. The number of imide groups is 1. The van der Waals surface area contributed by atoms with Crippen LogP contribution in [-0.4, -0.2) is 102 Å². The highest BCUT2D eigenvalue weighted by Crippen LogP contribution is 2.35. The van der Waals surface area contributed by atoms with Crippen molar-refractivity contribution in [1.82, 2.24) is 44.5 Å². The first-order valence-corrected chi connectivity index (χ1v) is 25.5. The number of piperidine rings is 2. The predicted molar refractivity (Wildman–Crippen MR) is 276 cm³/mol. The quantitative estimate of drug-likeness (QED) is 0.107. The molecule has 0 bridgehead atoms. The fourth-order valence-electron chi connectivity index (χ4n) is 11.2. The highest BCUT2D eigenvalue weighted by atomic mass is 19.1. The smallest absolute Gasteiger partial charge is 0.255 e. The molecule has 1 atom stereocenters. The van der Waals surface area contributed by atoms with E-state index in [4.69, 9.17) is 0 Å². The largest absolute Gasteiger partial charge is 0.369 e. The maximum atomic E-state index is 15.2. The average molecular weight is 984 g/mol. The highest BCUT2D eigenvalue weighted by molar-refractivity contribution is 6.05. The van der Waals surface area contributed by atoms with Crippen LogP contribution in [0.15, 0.2) is 103 Å². The van der Waals surface area contributed by atoms with E-state index in [1.807, 2.05) is 49.7 Å². The van der Waals surface area contributed by atoms with Crippen molar-refractivity contribution in [2.75, 3.05) is 49.5 Å². The molecule has 4 aliphatic rings. The van der Waals surface area contributed by atoms with E-state index in [0.717, 1.165) is 88.9 Å². The number of nitrogens with one attached hydrogen (secondary N) is 2. The summed E-state index contributed by atoms with van der Waals surface area (Å²) < 4.78 is 32.2. The van der Waals surface area contributed by atoms with E-state index in [-0.39, 0.29) is 47.3 Å². The second-order valence-corrected chi connectivity index (χ2v) is 20.3. The minimum Gasteiger partial charge on any atom is -0.369 e. The molecule has 14 nitrogen and oxygen atoms in total. The number of aromatic nitrogens is 5. The Morgan fingerprint density at radius 2 is 1.49 bits per heavy atom. The van der Waals surface area contributed by atoms with E-state index < -0.39 is 17.7 Å². The summed E-state index contributed by atoms with van der Waals surface area (Å²) in [5.41, 5.74) is 10.2. The van der Waals surface area contributed by atoms with Gasteiger partial charge in [0.1, 0.15) is 28.9 Å². The van der Waals surface area contributed by atoms with Crippen LogP contribution in [0.3, 0.4) is 0 Å². The molecule has 16 heteroatoms. The lowest BCUT2D eigenvalue weighted by Crippen LogP contribution is -2.52. The number of imidazole rings is 1. The van der Waals surface area contributed by atoms with Gasteiger partial charge in [0.05, 0.1) is 11.7 Å². The number of halogens is 2. The zero-order chi connectivity index (χ0) is 50.3. The van der Waals surface area contributed by atoms with Crippen molar-refractivity contribution in [3.63, 3.8) is 0 Å². The van der Waals surface area contributed by atoms with Gasteiger partial charge < -0.3 is 19.7 Å². The van der Waals surface area contributed by atoms with Gasteiger partial charge in [0.15, 0.2) is 11.6 Å². The second-order valence-electron chi connectivity index (χ2n) is 20.3. The number of carbonyl (C=O) groups is 3. The SMILES string of the molecule is Cc1nc2c(F)cc(-c3nc(Nc4ccc(CN5CCN(c6ccc(Cc7cccc(CN8CCC(c9ccc%10c(c9)CN(C9CCC(=O)NC9=O)C%10=O)CC8)c7)cc6)CC5)cn4)ncc3F)cc2n1C(C)C. The molecule has 1 unspecified atom stereocenters. The van der Waals surface area contributed by atoms with Gasteiger partial charge in [-0.25, -0.2) is 28.7 Å². The van der Waals surface area contributed by atoms with E-state index in [1.54, 1.807) is 11.0 Å². The molecule has 2 N–H and O–H groups in total. The molecule has 374 valence electrons. The Balaban J connectivity index is 0.630. The number of anilines is 3. The van der Waals surface area contributed by atoms with Crippen molar-refractivity contribution >= 4 is 46.2 Å². The van der Waals surface area contributed by atoms with E-state index in [1.165, 1.54) is 34.0 Å². The van der Waals surface area contributed by atoms with Crippen LogP contribution in [0.5, 0.6) is 0 Å². The Morgan fingerprint density at radius 1 is 0.740 bits per heavy atom. The van der Waals surface area contributed by atoms with Gasteiger partial charge in [-0.05, 0) is 135 Å². The first kappa shape index (κ1) is 47.9. The van der Waals surface area contributed by atoms with Gasteiger partial charge >= 0.3 is 0 Å². The number of likely N-dealkylation sites (tertiary alicyclic amines) is 1. The van der Waals surface area contributed by atoms with Crippen LogP contribution in [0, 0.1) is 18.6 Å². The van der Waals surface area contributed by atoms with Gasteiger partial charge in [0, 0.05) is 81.3 Å². The van der Waals surface area contributed by atoms with Crippen LogP contribution in [-0.2, 0) is 35.6 Å². The standard InChI is InChI=1S/C57H59F2N11O3/c1-35(2)70-36(3)62-54-47(58)28-43(29-50(54)70)53-48(59)31-61-57(65-53)63-51-15-9-40(30-60-51)33-67-21-23-68(24-22-67)45-11-7-37(8-12-45)25-38-5-4-6-39(26-38)32-66-19-17-41(18-20-66)42-10-13-46-44(27-42)34-69(56(46)73)49-14-16-52(71)64-55(49)72/h4-13,15,26-31,35,41,49H,14,16-25,32-34H2,1-3H3,(H,64,71,72)(H,60,61,63,65). The first-order valence-electron chi connectivity index (χ1n) is 25.5. The fraction of sp³-hybridized carbons (Fsp3) is 0.351. The zero-order valence-corrected chi connectivity index (χ0v) is 41.5. The highest BCUT2D eigenvalue weighted by Gasteiger charge is 2.39. The number of aryl methyl sites for hydroxylation is 1. The second kappa shape index (κ2) is 20.2. The third-order valence-corrected chi connectivity index (χ3v) is 15.0. The van der Waals surface area contributed by atoms with Crippen molar-refractivity contribution in [3.8, 4) is 11.3 Å². The Bertz CT molecular complexity index is 3220. The number of fused-ring (bicyclic) bond motifs is 2. The van der Waals surface area contributed by atoms with Gasteiger partial charge in [-0.15, -0.1) is 0 Å². The molecule has 7 aromatic rings. The number of hydrogen-bond donors (Lipinski definition) is 2. The Kier molecular flexibility index (Phi) is 13.3. The van der Waals surface area contributed by atoms with Crippen molar-refractivity contribution in [1.29, 1.82) is 0 Å². The molecule has 73 heavy (non-hydrogen) atoms. The Labute approximate surface area is 423 Å². The fourth-order valence-corrected chi connectivity index (χ4v) is 11.2. The summed E-state index contributed by atoms with van der Waals surface area (Å²) in [6, 6.07) is 30.5. The lowest BCUT2D eigenvalue weighted by atomic mass is 9.87. The van der Waals surface area contributed by atoms with Crippen molar-refractivity contribution in [2.45, 2.75) is 90.5 Å². The van der Waals surface area contributed by atoms with E-state index in [9.17, 15) is 14.4 Å². The average Bonchev–Trinajstić information content (AvgIpc) is 3.91. The zero-order valence-electron chi connectivity index (χ0n) is 41.5. The Morgan fingerprint density at radius 3 is 2.25 bits per heavy atom. The summed E-state index contributed by atoms with van der Waals surface area (Å²) in [4.78, 5) is 64.0. The summed E-state index contributed by atoms with van der Waals surface area (Å²) >= 11 is 0. The Hall–Kier alpha value is -7.43. The summed E-state index contributed by atoms with van der Waals surface area (Å²) in [6.45, 7) is 13.6. The van der Waals surface area contributed by atoms with Crippen LogP contribution in [0.1, 0.15) is 101 Å². The van der Waals surface area contributed by atoms with Gasteiger partial charge in [-0.3, -0.25) is 29.5 Å². The third kappa shape index (κ3) is 10.2. The predicted octanol–water partition coefficient (Wildman–Crippen LogP) is 8.85. The number of nitrogens with zero attached hydrogens (tertiary/aromatic N) is 9. The normalized spacial score (nSPS) is 18.0. The van der Waals surface area contributed by atoms with Gasteiger partial charge in [0.2, 0.25) is 17.8 Å². The summed E-state index contributed by atoms with van der Waals surface area (Å²) in [5.74, 6) is -0.193. The summed E-state index contributed by atoms with van der Waals surface area (Å²) in [5, 5.41) is 5.47. The number of carbonyl (C=O) groups excluding carboxylic acids is 3. The molecule has 0 aliphatic carbocycles. The monoisotopic (exact) mass is 983 g/mol. The van der Waals surface area contributed by atoms with Crippen molar-refractivity contribution in [2.24, 2.45) is 0 Å². The van der Waals surface area contributed by atoms with Crippen molar-refractivity contribution < 1.29 is 23.2 Å². The molecule has 4 aromatic carbocycles. The minimum absolute atomic E-state index is 0.0121. The number of rotatable bonds is 13. The molecule has 0 radical (unpaired) electrons. The molecule has 11 rings (SSSR count). The van der Waals surface area contributed by atoms with Crippen LogP contribution in [0.4, 0.5) is 26.2 Å². The lowest BCUT2D eigenvalue weighted by molar-refractivity contribution is -0.136. The van der Waals surface area contributed by atoms with Crippen molar-refractivity contribution in [3.05, 3.63) is 160 Å². The molecule has 4 aliphatic heterocycles. The maximum absolute atomic E-state index is 15.2. The summed E-state index contributed by atoms with van der Waals surface area (Å²) in [7, 11) is 0. The van der Waals surface area contributed by atoms with Crippen LogP contribution < -0.4 is 15.5 Å². The molecule has 0 saturated carbocycles. The van der Waals surface area contributed by atoms with E-state index >= 15 is 8.78 Å². The number of hydrogen-bond acceptors (Lipinski definition) is 11. The number of pyridine rings is 1. The lowest BCUT2D eigenvalue weighted by Gasteiger charge is -2.36. The van der Waals surface area contributed by atoms with Gasteiger partial charge in [0.25, 0.3) is 5.91 Å². The van der Waals surface area contributed by atoms with E-state index in [0.29, 0.717) is 47.2 Å². The number of amides is 3. The molecule has 0 spiro atoms. The number of piperazine rings is 1. The van der Waals surface area contributed by atoms with Crippen LogP contribution in [0.25, 0.3) is 22.3 Å². The van der Waals surface area contributed by atoms with Gasteiger partial charge in [-0.2, -0.15) is 0 Å². The molecule has 7 heterocycles. The number of benzene rings is 4. The molecule has 3 saturated heterocycles. The van der Waals surface area contributed by atoms with Crippen LogP contribution in [0.2, 0.25) is 0 Å². The molecule has 3 amide bonds. The maximum Gasteiger partial charge on any atom is 0.255 e. The summed E-state index contributed by atoms with van der Waals surface area (Å²) in [6.07, 6.45) is 6.51. The molecular weight excluding hydrogens is 925 g/mol. The van der Waals surface area contributed by atoms with E-state index in [2.05, 4.69) is 106 Å².